The lowest BCUT2D eigenvalue weighted by atomic mass is 15.7. The van der Waals surface area contributed by atoms with E-state index in [2.05, 4.69) is 17.2 Å². The van der Waals surface area contributed by atoms with Crippen LogP contribution in [0.1, 0.15) is 0 Å². The van der Waals surface area contributed by atoms with Crippen LogP contribution in [0.2, 0.25) is 0 Å². The zero-order valence-electron chi connectivity index (χ0n) is 11.6. The van der Waals surface area contributed by atoms with Gasteiger partial charge in [-0.1, -0.05) is 0 Å². The van der Waals surface area contributed by atoms with Crippen molar-refractivity contribution >= 4 is 46.9 Å². The summed E-state index contributed by atoms with van der Waals surface area (Å²) in [7, 11) is -33.7. The van der Waals surface area contributed by atoms with E-state index in [-0.39, 0.29) is 5.48 Å². The average Bonchev–Trinajstić information content (AvgIpc) is 1.97. The fourth-order valence-electron chi connectivity index (χ4n) is 0.547. The van der Waals surface area contributed by atoms with Gasteiger partial charge in [0, 0.05) is 0 Å². The zero-order valence-corrected chi connectivity index (χ0v) is 16.9. The summed E-state index contributed by atoms with van der Waals surface area (Å²) in [6.07, 6.45) is 0. The van der Waals surface area contributed by atoms with Crippen LogP contribution in [-0.4, -0.2) is 34.8 Å². The lowest BCUT2D eigenvalue weighted by molar-refractivity contribution is -0.339. The molecule has 0 rings (SSSR count). The molecular weight excluding hydrogens is 522 g/mol. The molecule has 0 spiro atoms. The molecule has 0 amide bonds. The van der Waals surface area contributed by atoms with Crippen LogP contribution in [0.25, 0.3) is 0 Å². The minimum Gasteiger partial charge on any atom is -0.790 e. The van der Waals surface area contributed by atoms with Crippen LogP contribution in [-0.2, 0) is 44.6 Å². The van der Waals surface area contributed by atoms with Crippen molar-refractivity contribution in [3.05, 3.63) is 0 Å². The van der Waals surface area contributed by atoms with Gasteiger partial charge in [0.2, 0.25) is 0 Å². The minimum absolute atomic E-state index is 0. The first-order chi connectivity index (χ1) is 10.8. The fourth-order valence-corrected chi connectivity index (χ4v) is 5.46. The maximum Gasteiger partial charge on any atom is 0.490 e. The molecule has 27 heavy (non-hydrogen) atoms. The van der Waals surface area contributed by atoms with Crippen LogP contribution in [0.4, 0.5) is 0 Å². The Morgan fingerprint density at radius 2 is 0.852 bits per heavy atom. The first-order valence-corrected chi connectivity index (χ1v) is 13.5. The molecule has 0 saturated heterocycles. The van der Waals surface area contributed by atoms with Gasteiger partial charge in [0.15, 0.2) is 0 Å². The standard InChI is InChI=1S/2H5O10P3.H2O/c2*1-11(2,3)9-13(7,8)10-12(4,5)6;/h2*(H,7,8)(H2,1,2,3)(H2,4,5,6);1H2/p-4. The Labute approximate surface area is 147 Å². The first-order valence-electron chi connectivity index (χ1n) is 4.49. The van der Waals surface area contributed by atoms with Crippen LogP contribution in [0.3, 0.4) is 0 Å². The highest BCUT2D eigenvalue weighted by Gasteiger charge is 2.38. The zero-order chi connectivity index (χ0) is 21.8. The molecule has 0 aliphatic rings. The van der Waals surface area contributed by atoms with Gasteiger partial charge in [-0.05, 0) is 0 Å². The van der Waals surface area contributed by atoms with Crippen molar-refractivity contribution in [3.63, 3.8) is 0 Å². The second-order valence-electron chi connectivity index (χ2n) is 3.14. The molecule has 0 aromatic heterocycles. The number of hydrogen-bond donors (Lipinski definition) is 6. The van der Waals surface area contributed by atoms with E-state index >= 15 is 0 Å². The highest BCUT2D eigenvalue weighted by atomic mass is 31.3. The topological polar surface area (TPSA) is 384 Å². The summed E-state index contributed by atoms with van der Waals surface area (Å²) in [4.78, 5) is 87.2. The normalized spacial score (nSPS) is 17.6. The molecule has 0 saturated carbocycles. The van der Waals surface area contributed by atoms with Crippen LogP contribution in [0, 0.1) is 0 Å². The summed E-state index contributed by atoms with van der Waals surface area (Å²) in [6.45, 7) is 0. The molecule has 0 heterocycles. The fraction of sp³-hybridized carbons (Fsp3) is 0. The van der Waals surface area contributed by atoms with Crippen LogP contribution >= 0.6 is 46.9 Å². The van der Waals surface area contributed by atoms with Crippen molar-refractivity contribution in [2.75, 3.05) is 0 Å². The van der Waals surface area contributed by atoms with Gasteiger partial charge in [0.1, 0.15) is 0 Å². The Morgan fingerprint density at radius 3 is 1.04 bits per heavy atom. The predicted octanol–water partition coefficient (Wildman–Crippen LogP) is -4.74. The molecular formula is H8O21P6-4. The molecule has 0 aliphatic carbocycles. The molecule has 0 aromatic carbocycles. The molecule has 8 N–H and O–H groups in total. The van der Waals surface area contributed by atoms with E-state index < -0.39 is 46.9 Å². The highest BCUT2D eigenvalue weighted by Crippen LogP contribution is 2.64. The lowest BCUT2D eigenvalue weighted by Crippen LogP contribution is -2.19. The van der Waals surface area contributed by atoms with E-state index in [1.165, 1.54) is 0 Å². The van der Waals surface area contributed by atoms with Gasteiger partial charge >= 0.3 is 23.5 Å². The van der Waals surface area contributed by atoms with Gasteiger partial charge in [-0.3, -0.25) is 13.4 Å². The highest BCUT2D eigenvalue weighted by molar-refractivity contribution is 7.66. The predicted molar refractivity (Wildman–Crippen MR) is 66.9 cm³/mol. The van der Waals surface area contributed by atoms with Crippen LogP contribution < -0.4 is 19.6 Å². The molecule has 0 aliphatic heterocycles. The third-order valence-corrected chi connectivity index (χ3v) is 7.40. The summed E-state index contributed by atoms with van der Waals surface area (Å²) in [5.74, 6) is 0. The summed E-state index contributed by atoms with van der Waals surface area (Å²) >= 11 is 0. The quantitative estimate of drug-likeness (QED) is 0.160. The van der Waals surface area contributed by atoms with Gasteiger partial charge in [-0.15, -0.1) is 0 Å². The molecule has 0 radical (unpaired) electrons. The van der Waals surface area contributed by atoms with Crippen LogP contribution in [0.5, 0.6) is 0 Å². The van der Waals surface area contributed by atoms with E-state index in [9.17, 15) is 47.0 Å². The third-order valence-electron chi connectivity index (χ3n) is 0.822. The van der Waals surface area contributed by atoms with Crippen molar-refractivity contribution in [1.82, 2.24) is 0 Å². The Bertz CT molecular complexity index is 609. The van der Waals surface area contributed by atoms with E-state index in [0.29, 0.717) is 0 Å². The third kappa shape index (κ3) is 26.8. The van der Waals surface area contributed by atoms with Crippen molar-refractivity contribution in [3.8, 4) is 0 Å². The largest absolute Gasteiger partial charge is 0.790 e. The van der Waals surface area contributed by atoms with Gasteiger partial charge in [-0.2, -0.15) is 8.62 Å². The van der Waals surface area contributed by atoms with E-state index in [1.807, 2.05) is 0 Å². The van der Waals surface area contributed by atoms with Crippen molar-refractivity contribution in [2.24, 2.45) is 0 Å². The SMILES string of the molecule is O.O=P(O)(O)OP(=O)(O)OP(=O)(O)O.O=P([O-])([O-])OP(=O)([O-])OP(=O)([O-])O. The first kappa shape index (κ1) is 32.4. The van der Waals surface area contributed by atoms with Gasteiger partial charge in [0.05, 0.1) is 7.82 Å². The van der Waals surface area contributed by atoms with E-state index in [0.717, 1.165) is 0 Å². The van der Waals surface area contributed by atoms with E-state index in [1.54, 1.807) is 0 Å². The molecule has 21 nitrogen and oxygen atoms in total. The Hall–Kier alpha value is 0.780. The molecule has 168 valence electrons. The number of hydrogen-bond acceptors (Lipinski definition) is 14. The second-order valence-corrected chi connectivity index (χ2v) is 11.4. The molecule has 2 unspecified atom stereocenters. The lowest BCUT2D eigenvalue weighted by Gasteiger charge is -2.36. The molecule has 0 bridgehead atoms. The number of rotatable bonds is 8. The Balaban J connectivity index is -0.000000411. The van der Waals surface area contributed by atoms with Crippen molar-refractivity contribution < 1.29 is 99.0 Å². The molecule has 0 fully saturated rings. The molecule has 0 aromatic rings. The summed E-state index contributed by atoms with van der Waals surface area (Å²) in [6, 6.07) is 0. The summed E-state index contributed by atoms with van der Waals surface area (Å²) in [5.41, 5.74) is 0. The van der Waals surface area contributed by atoms with Gasteiger partial charge in [-0.25, -0.2) is 18.0 Å². The number of phosphoric acid groups is 6. The van der Waals surface area contributed by atoms with Crippen molar-refractivity contribution in [1.29, 1.82) is 0 Å². The van der Waals surface area contributed by atoms with E-state index in [4.69, 9.17) is 29.4 Å². The maximum atomic E-state index is 10.4. The molecule has 2 atom stereocenters. The minimum atomic E-state index is -5.95. The van der Waals surface area contributed by atoms with Gasteiger partial charge < -0.3 is 59.0 Å². The van der Waals surface area contributed by atoms with Crippen molar-refractivity contribution in [2.45, 2.75) is 0 Å². The Morgan fingerprint density at radius 1 is 0.556 bits per heavy atom. The smallest absolute Gasteiger partial charge is 0.490 e. The summed E-state index contributed by atoms with van der Waals surface area (Å²) < 4.78 is 71.4. The van der Waals surface area contributed by atoms with Gasteiger partial charge in [0.25, 0.3) is 15.6 Å². The maximum absolute atomic E-state index is 10.4. The monoisotopic (exact) mass is 530 g/mol. The summed E-state index contributed by atoms with van der Waals surface area (Å²) in [5, 5.41) is 0. The molecule has 27 heteroatoms. The second kappa shape index (κ2) is 10.7. The Kier molecular flexibility index (Phi) is 12.9. The van der Waals surface area contributed by atoms with Crippen LogP contribution in [0.15, 0.2) is 0 Å². The average molecular weight is 530 g/mol.